The van der Waals surface area contributed by atoms with Gasteiger partial charge in [-0.25, -0.2) is 0 Å². The Morgan fingerprint density at radius 1 is 0.369 bits per heavy atom. The van der Waals surface area contributed by atoms with Crippen molar-refractivity contribution in [3.05, 3.63) is 0 Å². The van der Waals surface area contributed by atoms with Crippen LogP contribution >= 0.6 is 0 Å². The quantitative estimate of drug-likeness (QED) is 0.0683. The number of ether oxygens (including phenoxy) is 9. The van der Waals surface area contributed by atoms with Crippen LogP contribution in [-0.4, -0.2) is 276 Å². The summed E-state index contributed by atoms with van der Waals surface area (Å²) in [5.41, 5.74) is 0. The van der Waals surface area contributed by atoms with Gasteiger partial charge >= 0.3 is 0 Å². The second kappa shape index (κ2) is 23.2. The van der Waals surface area contributed by atoms with Crippen molar-refractivity contribution in [2.45, 2.75) is 174 Å². The maximum absolute atomic E-state index is 12.3. The first kappa shape index (κ1) is 53.4. The van der Waals surface area contributed by atoms with Crippen LogP contribution in [0.3, 0.4) is 0 Å². The highest BCUT2D eigenvalue weighted by Gasteiger charge is 2.58. The topological polar surface area (TPSA) is 454 Å². The van der Waals surface area contributed by atoms with Crippen molar-refractivity contribution in [1.29, 1.82) is 0 Å². The third-order valence-electron chi connectivity index (χ3n) is 11.5. The first-order chi connectivity index (χ1) is 30.7. The van der Waals surface area contributed by atoms with Gasteiger partial charge in [0.05, 0.1) is 33.0 Å². The average molecular weight is 952 g/mol. The van der Waals surface area contributed by atoms with E-state index in [1.807, 2.05) is 0 Å². The van der Waals surface area contributed by atoms with E-state index in [9.17, 15) is 85.9 Å². The van der Waals surface area contributed by atoms with E-state index in [1.54, 1.807) is 0 Å². The average Bonchev–Trinajstić information content (AvgIpc) is 3.26. The Bertz CT molecular complexity index is 1560. The van der Waals surface area contributed by atoms with Gasteiger partial charge in [0.25, 0.3) is 0 Å². The lowest BCUT2D eigenvalue weighted by Crippen LogP contribution is -2.70. The van der Waals surface area contributed by atoms with Gasteiger partial charge in [-0.3, -0.25) is 14.4 Å². The second-order valence-electron chi connectivity index (χ2n) is 16.2. The van der Waals surface area contributed by atoms with Crippen LogP contribution in [0.2, 0.25) is 0 Å². The summed E-state index contributed by atoms with van der Waals surface area (Å²) in [6.45, 7) is -1.57. The Morgan fingerprint density at radius 3 is 1.17 bits per heavy atom. The van der Waals surface area contributed by atoms with Gasteiger partial charge in [0.2, 0.25) is 17.7 Å². The van der Waals surface area contributed by atoms with Gasteiger partial charge in [-0.1, -0.05) is 0 Å². The zero-order valence-corrected chi connectivity index (χ0v) is 35.1. The number of rotatable bonds is 16. The van der Waals surface area contributed by atoms with E-state index in [4.69, 9.17) is 42.6 Å². The van der Waals surface area contributed by atoms with Crippen LogP contribution in [0.25, 0.3) is 0 Å². The highest BCUT2D eigenvalue weighted by Crippen LogP contribution is 2.37. The maximum atomic E-state index is 12.3. The van der Waals surface area contributed by atoms with Crippen molar-refractivity contribution >= 4 is 17.7 Å². The summed E-state index contributed by atoms with van der Waals surface area (Å²) in [5, 5.41) is 157. The molecule has 0 aromatic rings. The standard InChI is InChI=1S/C36H61N3O26/c1-9(45)37-17-23(51)20(48)12(4-40)58-33(17)62-28-15(7-43)60-35(26(54)25(28)53)63-29-16(8-44)61-36(64-30-19(39-11(3)47)32(56)57-14(6-42)22(30)50)27(55)31(29)65-34-18(38-10(2)46)24(52)21(49)13(5-41)59-34/h12-36,40-44,48-56H,4-8H2,1-3H3,(H,37,45)(H,38,46)(H,39,47)/t12-,13-,14-,15-,16-,17+,18-,19-,20-,21+,22+,23-,24-,25-,26-,27-,28+,29+,30-,31-,32-,33+,34+,35-,36+/m1/s1. The lowest BCUT2D eigenvalue weighted by atomic mass is 9.94. The normalized spacial score (nSPS) is 47.1. The van der Waals surface area contributed by atoms with Crippen LogP contribution in [0.5, 0.6) is 0 Å². The molecular weight excluding hydrogens is 890 g/mol. The molecule has 0 aliphatic carbocycles. The van der Waals surface area contributed by atoms with Crippen LogP contribution in [0, 0.1) is 0 Å². The van der Waals surface area contributed by atoms with Crippen molar-refractivity contribution in [3.63, 3.8) is 0 Å². The molecule has 0 unspecified atom stereocenters. The molecule has 0 saturated carbocycles. The van der Waals surface area contributed by atoms with Crippen LogP contribution in [0.15, 0.2) is 0 Å². The summed E-state index contributed by atoms with van der Waals surface area (Å²) in [7, 11) is 0. The number of hydrogen-bond donors (Lipinski definition) is 17. The zero-order chi connectivity index (χ0) is 48.2. The summed E-state index contributed by atoms with van der Waals surface area (Å²) in [6.07, 6.45) is -41.0. The molecule has 5 aliphatic rings. The van der Waals surface area contributed by atoms with E-state index in [-0.39, 0.29) is 0 Å². The molecule has 0 aromatic carbocycles. The van der Waals surface area contributed by atoms with Crippen LogP contribution < -0.4 is 16.0 Å². The molecule has 5 heterocycles. The Kier molecular flexibility index (Phi) is 19.1. The molecule has 5 saturated heterocycles. The van der Waals surface area contributed by atoms with Crippen molar-refractivity contribution in [1.82, 2.24) is 16.0 Å². The molecule has 25 atom stereocenters. The molecule has 0 aromatic heterocycles. The fourth-order valence-corrected chi connectivity index (χ4v) is 8.23. The molecule has 65 heavy (non-hydrogen) atoms. The summed E-state index contributed by atoms with van der Waals surface area (Å²) in [5.74, 6) is -2.27. The predicted molar refractivity (Wildman–Crippen MR) is 201 cm³/mol. The molecule has 5 fully saturated rings. The number of carbonyl (C=O) groups is 3. The Labute approximate surface area is 369 Å². The van der Waals surface area contributed by atoms with Gasteiger partial charge in [0.15, 0.2) is 31.5 Å². The molecule has 3 amide bonds. The summed E-state index contributed by atoms with van der Waals surface area (Å²) in [6, 6.07) is -4.80. The highest BCUT2D eigenvalue weighted by molar-refractivity contribution is 5.74. The molecular formula is C36H61N3O26. The van der Waals surface area contributed by atoms with E-state index in [0.717, 1.165) is 20.8 Å². The van der Waals surface area contributed by atoms with E-state index in [2.05, 4.69) is 16.0 Å². The minimum atomic E-state index is -2.23. The SMILES string of the molecule is CC(=O)N[C@@H]1[C@H](O[C@@H]2[C@H](O)[C@@H](O)[C@@H](O[C@@H]3[C@H](O[C@@H]4O[C@H](CO)[C@H](O)[C@H](O)[C@H]4NC(C)=O)[C@@H](O)[C@H](O[C@H]4[C@@H](O)[C@@H](CO)O[C@@H](O)[C@@H]4NC(C)=O)O[C@@H]3CO)O[C@@H]2CO)O[C@H](CO)[C@@H](O)[C@@H]1O. The maximum Gasteiger partial charge on any atom is 0.217 e. The van der Waals surface area contributed by atoms with Gasteiger partial charge < -0.3 is 130 Å². The number of carbonyl (C=O) groups excluding carboxylic acids is 3. The third kappa shape index (κ3) is 11.9. The molecule has 0 radical (unpaired) electrons. The number of aliphatic hydroxyl groups excluding tert-OH is 14. The Hall–Kier alpha value is -2.51. The molecule has 29 nitrogen and oxygen atoms in total. The van der Waals surface area contributed by atoms with E-state index in [1.165, 1.54) is 0 Å². The molecule has 0 spiro atoms. The smallest absolute Gasteiger partial charge is 0.217 e. The van der Waals surface area contributed by atoms with Crippen LogP contribution in [0.1, 0.15) is 20.8 Å². The van der Waals surface area contributed by atoms with Crippen molar-refractivity contribution in [2.24, 2.45) is 0 Å². The van der Waals surface area contributed by atoms with Gasteiger partial charge in [0.1, 0.15) is 122 Å². The summed E-state index contributed by atoms with van der Waals surface area (Å²) < 4.78 is 52.0. The third-order valence-corrected chi connectivity index (χ3v) is 11.5. The van der Waals surface area contributed by atoms with Crippen molar-refractivity contribution in [3.8, 4) is 0 Å². The zero-order valence-electron chi connectivity index (χ0n) is 35.1. The second-order valence-corrected chi connectivity index (χ2v) is 16.2. The van der Waals surface area contributed by atoms with E-state index >= 15 is 0 Å². The van der Waals surface area contributed by atoms with E-state index < -0.39 is 204 Å². The first-order valence-electron chi connectivity index (χ1n) is 20.6. The van der Waals surface area contributed by atoms with E-state index in [0.29, 0.717) is 0 Å². The van der Waals surface area contributed by atoms with Gasteiger partial charge in [-0.2, -0.15) is 0 Å². The molecule has 0 bridgehead atoms. The largest absolute Gasteiger partial charge is 0.394 e. The Morgan fingerprint density at radius 2 is 0.723 bits per heavy atom. The first-order valence-corrected chi connectivity index (χ1v) is 20.6. The van der Waals surface area contributed by atoms with Gasteiger partial charge in [-0.15, -0.1) is 0 Å². The number of hydrogen-bond acceptors (Lipinski definition) is 26. The van der Waals surface area contributed by atoms with Gasteiger partial charge in [0, 0.05) is 20.8 Å². The lowest BCUT2D eigenvalue weighted by Gasteiger charge is -2.51. The molecule has 5 aliphatic heterocycles. The summed E-state index contributed by atoms with van der Waals surface area (Å²) in [4.78, 5) is 36.4. The number of aliphatic hydroxyl groups is 14. The number of nitrogens with one attached hydrogen (secondary N) is 3. The van der Waals surface area contributed by atoms with Crippen LogP contribution in [0.4, 0.5) is 0 Å². The van der Waals surface area contributed by atoms with Crippen LogP contribution in [-0.2, 0) is 57.0 Å². The molecule has 29 heteroatoms. The highest BCUT2D eigenvalue weighted by atomic mass is 16.8. The molecule has 17 N–H and O–H groups in total. The molecule has 5 rings (SSSR count). The van der Waals surface area contributed by atoms with Crippen molar-refractivity contribution < 1.29 is 129 Å². The molecule has 376 valence electrons. The Balaban J connectivity index is 1.48. The fourth-order valence-electron chi connectivity index (χ4n) is 8.23. The minimum absolute atomic E-state index is 0.726. The number of amides is 3. The lowest BCUT2D eigenvalue weighted by molar-refractivity contribution is -0.395. The minimum Gasteiger partial charge on any atom is -0.394 e. The monoisotopic (exact) mass is 951 g/mol. The van der Waals surface area contributed by atoms with Gasteiger partial charge in [-0.05, 0) is 0 Å². The summed E-state index contributed by atoms with van der Waals surface area (Å²) >= 11 is 0. The fraction of sp³-hybridized carbons (Fsp3) is 0.917. The van der Waals surface area contributed by atoms with Crippen molar-refractivity contribution in [2.75, 3.05) is 33.0 Å². The predicted octanol–water partition coefficient (Wildman–Crippen LogP) is -11.5.